The zero-order chi connectivity index (χ0) is 11.0. The number of H-pyrrole nitrogens is 1. The zero-order valence-corrected chi connectivity index (χ0v) is 10.5. The van der Waals surface area contributed by atoms with Crippen LogP contribution in [0.3, 0.4) is 0 Å². The van der Waals surface area contributed by atoms with Crippen LogP contribution in [0.25, 0.3) is 17.0 Å². The minimum absolute atomic E-state index is 0.936. The van der Waals surface area contributed by atoms with Crippen LogP contribution in [0.1, 0.15) is 19.3 Å². The number of nitrogens with one attached hydrogen (secondary N) is 1. The van der Waals surface area contributed by atoms with E-state index in [2.05, 4.69) is 50.2 Å². The Morgan fingerprint density at radius 1 is 1.25 bits per heavy atom. The van der Waals surface area contributed by atoms with Gasteiger partial charge in [0.05, 0.1) is 0 Å². The van der Waals surface area contributed by atoms with E-state index in [1.165, 1.54) is 29.0 Å². The average Bonchev–Trinajstić information content (AvgIpc) is 2.57. The highest BCUT2D eigenvalue weighted by molar-refractivity contribution is 9.10. The van der Waals surface area contributed by atoms with Gasteiger partial charge in [-0.3, -0.25) is 4.99 Å². The molecule has 0 saturated carbocycles. The van der Waals surface area contributed by atoms with E-state index < -0.39 is 0 Å². The number of rotatable bonds is 0. The Morgan fingerprint density at radius 3 is 3.12 bits per heavy atom. The van der Waals surface area contributed by atoms with E-state index in [1.54, 1.807) is 0 Å². The molecule has 3 heteroatoms. The largest absolute Gasteiger partial charge is 0.339 e. The molecule has 16 heavy (non-hydrogen) atoms. The summed E-state index contributed by atoms with van der Waals surface area (Å²) in [5.41, 5.74) is 2.21. The summed E-state index contributed by atoms with van der Waals surface area (Å²) in [5, 5.41) is 2.53. The second-order valence-electron chi connectivity index (χ2n) is 4.13. The lowest BCUT2D eigenvalue weighted by Gasteiger charge is -1.97. The molecule has 2 heterocycles. The summed E-state index contributed by atoms with van der Waals surface area (Å²) >= 11 is 3.62. The van der Waals surface area contributed by atoms with Crippen LogP contribution in [-0.2, 0) is 0 Å². The van der Waals surface area contributed by atoms with Gasteiger partial charge < -0.3 is 4.98 Å². The second kappa shape index (κ2) is 4.06. The smallest absolute Gasteiger partial charge is 0.133 e. The molecule has 1 aliphatic heterocycles. The van der Waals surface area contributed by atoms with Gasteiger partial charge in [0.15, 0.2) is 0 Å². The van der Waals surface area contributed by atoms with Crippen molar-refractivity contribution in [2.75, 3.05) is 6.54 Å². The van der Waals surface area contributed by atoms with Crippen LogP contribution in [0.5, 0.6) is 0 Å². The normalized spacial score (nSPS) is 15.8. The van der Waals surface area contributed by atoms with Crippen LogP contribution in [0.15, 0.2) is 27.7 Å². The van der Waals surface area contributed by atoms with Crippen LogP contribution >= 0.6 is 15.9 Å². The predicted molar refractivity (Wildman–Crippen MR) is 70.0 cm³/mol. The summed E-state index contributed by atoms with van der Waals surface area (Å²) < 4.78 is 1.15. The lowest BCUT2D eigenvalue weighted by atomic mass is 10.1. The van der Waals surface area contributed by atoms with Gasteiger partial charge in [-0.25, -0.2) is 0 Å². The number of benzene rings is 1. The number of aromatic nitrogens is 1. The summed E-state index contributed by atoms with van der Waals surface area (Å²) in [6, 6.07) is 6.24. The van der Waals surface area contributed by atoms with Gasteiger partial charge in [-0.15, -0.1) is 0 Å². The zero-order valence-electron chi connectivity index (χ0n) is 8.96. The summed E-state index contributed by atoms with van der Waals surface area (Å²) in [7, 11) is 0. The van der Waals surface area contributed by atoms with E-state index in [-0.39, 0.29) is 0 Å². The first-order valence-corrected chi connectivity index (χ1v) is 6.46. The first kappa shape index (κ1) is 10.1. The lowest BCUT2D eigenvalue weighted by Crippen LogP contribution is -2.24. The van der Waals surface area contributed by atoms with Crippen molar-refractivity contribution in [1.29, 1.82) is 0 Å². The van der Waals surface area contributed by atoms with Gasteiger partial charge in [0.2, 0.25) is 0 Å². The summed E-state index contributed by atoms with van der Waals surface area (Å²) in [6.45, 7) is 0.936. The molecule has 0 atom stereocenters. The van der Waals surface area contributed by atoms with E-state index in [4.69, 9.17) is 0 Å². The standard InChI is InChI=1S/C13H13BrN2/c14-10-6-4-7-11-12(10)9-5-2-1-3-8-15-13(9)16-11/h4-7H,1-3,8H2,(H,15,16). The lowest BCUT2D eigenvalue weighted by molar-refractivity contribution is 0.749. The quantitative estimate of drug-likeness (QED) is 0.766. The van der Waals surface area contributed by atoms with Crippen LogP contribution in [0.2, 0.25) is 0 Å². The van der Waals surface area contributed by atoms with Crippen molar-refractivity contribution >= 4 is 32.9 Å². The molecule has 1 N–H and O–H groups in total. The van der Waals surface area contributed by atoms with Crippen LogP contribution in [0, 0.1) is 0 Å². The molecule has 1 aliphatic rings. The third-order valence-electron chi connectivity index (χ3n) is 3.02. The summed E-state index contributed by atoms with van der Waals surface area (Å²) in [6.07, 6.45) is 5.88. The molecule has 82 valence electrons. The highest BCUT2D eigenvalue weighted by atomic mass is 79.9. The van der Waals surface area contributed by atoms with E-state index in [0.29, 0.717) is 0 Å². The van der Waals surface area contributed by atoms with Gasteiger partial charge in [-0.05, 0) is 31.4 Å². The molecule has 0 aliphatic carbocycles. The van der Waals surface area contributed by atoms with Crippen molar-refractivity contribution < 1.29 is 0 Å². The van der Waals surface area contributed by atoms with Gasteiger partial charge in [-0.2, -0.15) is 0 Å². The van der Waals surface area contributed by atoms with Crippen LogP contribution < -0.4 is 10.7 Å². The first-order chi connectivity index (χ1) is 7.86. The van der Waals surface area contributed by atoms with E-state index in [9.17, 15) is 0 Å². The summed E-state index contributed by atoms with van der Waals surface area (Å²) in [4.78, 5) is 8.01. The second-order valence-corrected chi connectivity index (χ2v) is 4.99. The van der Waals surface area contributed by atoms with Crippen LogP contribution in [0.4, 0.5) is 0 Å². The Balaban J connectivity index is 2.47. The maximum Gasteiger partial charge on any atom is 0.133 e. The fourth-order valence-corrected chi connectivity index (χ4v) is 2.81. The van der Waals surface area contributed by atoms with Gasteiger partial charge >= 0.3 is 0 Å². The Bertz CT molecular complexity index is 640. The topological polar surface area (TPSA) is 28.1 Å². The maximum atomic E-state index is 4.62. The van der Waals surface area contributed by atoms with Crippen LogP contribution in [-0.4, -0.2) is 11.5 Å². The van der Waals surface area contributed by atoms with E-state index in [0.717, 1.165) is 22.9 Å². The minimum Gasteiger partial charge on any atom is -0.339 e. The van der Waals surface area contributed by atoms with Gasteiger partial charge in [-0.1, -0.05) is 28.1 Å². The number of fused-ring (bicyclic) bond motifs is 3. The Labute approximate surface area is 102 Å². The van der Waals surface area contributed by atoms with Gasteiger partial charge in [0.25, 0.3) is 0 Å². The number of aromatic amines is 1. The van der Waals surface area contributed by atoms with Gasteiger partial charge in [0, 0.05) is 27.1 Å². The number of halogens is 1. The van der Waals surface area contributed by atoms with Crippen molar-refractivity contribution in [3.63, 3.8) is 0 Å². The maximum absolute atomic E-state index is 4.62. The predicted octanol–water partition coefficient (Wildman–Crippen LogP) is 2.51. The van der Waals surface area contributed by atoms with Crippen molar-refractivity contribution in [2.24, 2.45) is 4.99 Å². The molecule has 0 saturated heterocycles. The molecule has 0 spiro atoms. The molecule has 2 aromatic rings. The Hall–Kier alpha value is -1.09. The van der Waals surface area contributed by atoms with E-state index in [1.807, 2.05) is 0 Å². The highest BCUT2D eigenvalue weighted by Crippen LogP contribution is 2.18. The van der Waals surface area contributed by atoms with Crippen molar-refractivity contribution in [1.82, 2.24) is 4.98 Å². The monoisotopic (exact) mass is 276 g/mol. The summed E-state index contributed by atoms with van der Waals surface area (Å²) in [5.74, 6) is 0. The number of nitrogens with zero attached hydrogens (tertiary/aromatic N) is 1. The molecule has 0 bridgehead atoms. The molecule has 1 aromatic heterocycles. The Morgan fingerprint density at radius 2 is 2.19 bits per heavy atom. The molecule has 0 unspecified atom stereocenters. The third kappa shape index (κ3) is 1.59. The van der Waals surface area contributed by atoms with Gasteiger partial charge in [0.1, 0.15) is 5.49 Å². The third-order valence-corrected chi connectivity index (χ3v) is 3.68. The highest BCUT2D eigenvalue weighted by Gasteiger charge is 2.05. The molecule has 3 rings (SSSR count). The number of hydrogen-bond acceptors (Lipinski definition) is 1. The molecule has 0 radical (unpaired) electrons. The first-order valence-electron chi connectivity index (χ1n) is 5.67. The molecule has 1 aromatic carbocycles. The van der Waals surface area contributed by atoms with Crippen molar-refractivity contribution in [3.05, 3.63) is 33.4 Å². The molecule has 0 fully saturated rings. The van der Waals surface area contributed by atoms with E-state index >= 15 is 0 Å². The molecule has 0 amide bonds. The number of hydrogen-bond donors (Lipinski definition) is 1. The van der Waals surface area contributed by atoms with Crippen molar-refractivity contribution in [3.8, 4) is 0 Å². The fourth-order valence-electron chi connectivity index (χ4n) is 2.23. The average molecular weight is 277 g/mol. The fraction of sp³-hybridized carbons (Fsp3) is 0.308. The minimum atomic E-state index is 0.936. The molecule has 2 nitrogen and oxygen atoms in total. The SMILES string of the molecule is Brc1cccc2[nH]c3c(c12)=CCCCCN=3. The molecular weight excluding hydrogens is 264 g/mol. The molecular formula is C13H13BrN2. The van der Waals surface area contributed by atoms with Crippen molar-refractivity contribution in [2.45, 2.75) is 19.3 Å². The Kier molecular flexibility index (Phi) is 2.56.